The van der Waals surface area contributed by atoms with Gasteiger partial charge in [-0.2, -0.15) is 0 Å². The van der Waals surface area contributed by atoms with Gasteiger partial charge in [0, 0.05) is 0 Å². The van der Waals surface area contributed by atoms with Gasteiger partial charge in [0.25, 0.3) is 0 Å². The molecule has 1 saturated carbocycles. The zero-order valence-electron chi connectivity index (χ0n) is 9.70. The van der Waals surface area contributed by atoms with Crippen LogP contribution >= 0.6 is 0 Å². The van der Waals surface area contributed by atoms with Crippen LogP contribution < -0.4 is 5.32 Å². The molecule has 0 bridgehead atoms. The molecule has 2 fully saturated rings. The first-order valence-corrected chi connectivity index (χ1v) is 6.15. The van der Waals surface area contributed by atoms with Gasteiger partial charge in [-0.3, -0.25) is 4.79 Å². The molecule has 90 valence electrons. The summed E-state index contributed by atoms with van der Waals surface area (Å²) in [6, 6.07) is -0.406. The van der Waals surface area contributed by atoms with E-state index in [1.165, 1.54) is 32.1 Å². The first-order valence-electron chi connectivity index (χ1n) is 6.15. The molecule has 0 aromatic rings. The van der Waals surface area contributed by atoms with Crippen molar-refractivity contribution >= 4 is 11.9 Å². The number of esters is 1. The van der Waals surface area contributed by atoms with Gasteiger partial charge in [-0.15, -0.1) is 0 Å². The Morgan fingerprint density at radius 2 is 2.06 bits per heavy atom. The molecule has 0 spiro atoms. The molecule has 16 heavy (non-hydrogen) atoms. The summed E-state index contributed by atoms with van der Waals surface area (Å²) < 4.78 is 5.25. The minimum Gasteiger partial charge on any atom is -0.464 e. The standard InChI is InChI=1S/C12H19NO3/c1-8-10(13-11(8)14)12(15)16-7-9-5-3-2-4-6-9/h8-10H,2-7H2,1H3,(H,13,14). The Labute approximate surface area is 95.7 Å². The van der Waals surface area contributed by atoms with E-state index < -0.39 is 6.04 Å². The van der Waals surface area contributed by atoms with Crippen molar-refractivity contribution in [2.45, 2.75) is 45.1 Å². The molecule has 0 aromatic carbocycles. The number of amides is 1. The third kappa shape index (κ3) is 2.36. The van der Waals surface area contributed by atoms with Crippen molar-refractivity contribution in [1.29, 1.82) is 0 Å². The molecule has 0 radical (unpaired) electrons. The van der Waals surface area contributed by atoms with Gasteiger partial charge in [0.15, 0.2) is 0 Å². The predicted molar refractivity (Wildman–Crippen MR) is 58.6 cm³/mol. The molecule has 2 rings (SSSR count). The van der Waals surface area contributed by atoms with Crippen LogP contribution in [0.1, 0.15) is 39.0 Å². The Kier molecular flexibility index (Phi) is 3.46. The third-order valence-corrected chi connectivity index (χ3v) is 3.65. The molecule has 4 heteroatoms. The minimum absolute atomic E-state index is 0.0559. The highest BCUT2D eigenvalue weighted by Crippen LogP contribution is 2.24. The van der Waals surface area contributed by atoms with Gasteiger partial charge < -0.3 is 10.1 Å². The van der Waals surface area contributed by atoms with Crippen LogP contribution in [0.25, 0.3) is 0 Å². The summed E-state index contributed by atoms with van der Waals surface area (Å²) >= 11 is 0. The molecular weight excluding hydrogens is 206 g/mol. The maximum absolute atomic E-state index is 11.6. The molecular formula is C12H19NO3. The van der Waals surface area contributed by atoms with Gasteiger partial charge in [0.2, 0.25) is 5.91 Å². The number of nitrogens with one attached hydrogen (secondary N) is 1. The largest absolute Gasteiger partial charge is 0.464 e. The average molecular weight is 225 g/mol. The molecule has 2 atom stereocenters. The SMILES string of the molecule is CC1C(=O)NC1C(=O)OCC1CCCCC1. The first-order chi connectivity index (χ1) is 7.68. The van der Waals surface area contributed by atoms with Gasteiger partial charge in [0.05, 0.1) is 12.5 Å². The summed E-state index contributed by atoms with van der Waals surface area (Å²) in [4.78, 5) is 22.5. The fraction of sp³-hybridized carbons (Fsp3) is 0.833. The molecule has 1 aliphatic heterocycles. The van der Waals surface area contributed by atoms with Gasteiger partial charge in [-0.1, -0.05) is 26.2 Å². The molecule has 0 aromatic heterocycles. The number of hydrogen-bond acceptors (Lipinski definition) is 3. The van der Waals surface area contributed by atoms with E-state index in [2.05, 4.69) is 5.32 Å². The summed E-state index contributed by atoms with van der Waals surface area (Å²) in [6.45, 7) is 2.28. The Morgan fingerprint density at radius 3 is 2.62 bits per heavy atom. The molecule has 2 aliphatic rings. The second kappa shape index (κ2) is 4.85. The van der Waals surface area contributed by atoms with Crippen molar-refractivity contribution in [3.63, 3.8) is 0 Å². The van der Waals surface area contributed by atoms with E-state index in [1.54, 1.807) is 6.92 Å². The third-order valence-electron chi connectivity index (χ3n) is 3.65. The molecule has 2 unspecified atom stereocenters. The maximum atomic E-state index is 11.6. The number of β-lactam (4-membered cyclic amide) rings is 1. The van der Waals surface area contributed by atoms with E-state index in [1.807, 2.05) is 0 Å². The van der Waals surface area contributed by atoms with E-state index in [4.69, 9.17) is 4.74 Å². The second-order valence-electron chi connectivity index (χ2n) is 4.91. The summed E-state index contributed by atoms with van der Waals surface area (Å²) in [5, 5.41) is 2.57. The predicted octanol–water partition coefficient (Wildman–Crippen LogP) is 1.24. The molecule has 4 nitrogen and oxygen atoms in total. The number of rotatable bonds is 3. The summed E-state index contributed by atoms with van der Waals surface area (Å²) in [6.07, 6.45) is 6.14. The van der Waals surface area contributed by atoms with Crippen LogP contribution in [0.3, 0.4) is 0 Å². The fourth-order valence-electron chi connectivity index (χ4n) is 2.37. The topological polar surface area (TPSA) is 55.4 Å². The van der Waals surface area contributed by atoms with E-state index in [0.717, 1.165) is 0 Å². The number of hydrogen-bond donors (Lipinski definition) is 1. The fourth-order valence-corrected chi connectivity index (χ4v) is 2.37. The monoisotopic (exact) mass is 225 g/mol. The van der Waals surface area contributed by atoms with Crippen molar-refractivity contribution in [2.75, 3.05) is 6.61 Å². The Balaban J connectivity index is 1.69. The maximum Gasteiger partial charge on any atom is 0.329 e. The molecule has 1 aliphatic carbocycles. The molecule has 1 heterocycles. The molecule has 1 N–H and O–H groups in total. The number of carbonyl (C=O) groups excluding carboxylic acids is 2. The highest BCUT2D eigenvalue weighted by molar-refractivity contribution is 5.96. The molecule has 1 amide bonds. The van der Waals surface area contributed by atoms with E-state index in [-0.39, 0.29) is 17.8 Å². The van der Waals surface area contributed by atoms with Crippen LogP contribution in [0.5, 0.6) is 0 Å². The Hall–Kier alpha value is -1.06. The van der Waals surface area contributed by atoms with Crippen LogP contribution in [0.15, 0.2) is 0 Å². The van der Waals surface area contributed by atoms with E-state index >= 15 is 0 Å². The van der Waals surface area contributed by atoms with E-state index in [9.17, 15) is 9.59 Å². The van der Waals surface area contributed by atoms with Gasteiger partial charge in [-0.25, -0.2) is 4.79 Å². The van der Waals surface area contributed by atoms with Crippen molar-refractivity contribution in [3.05, 3.63) is 0 Å². The highest BCUT2D eigenvalue weighted by Gasteiger charge is 2.41. The highest BCUT2D eigenvalue weighted by atomic mass is 16.5. The zero-order chi connectivity index (χ0) is 11.5. The lowest BCUT2D eigenvalue weighted by molar-refractivity contribution is -0.158. The Bertz CT molecular complexity index is 284. The summed E-state index contributed by atoms with van der Waals surface area (Å²) in [7, 11) is 0. The number of carbonyl (C=O) groups is 2. The quantitative estimate of drug-likeness (QED) is 0.581. The smallest absolute Gasteiger partial charge is 0.329 e. The van der Waals surface area contributed by atoms with Gasteiger partial charge in [0.1, 0.15) is 6.04 Å². The van der Waals surface area contributed by atoms with Crippen LogP contribution in [0.2, 0.25) is 0 Å². The van der Waals surface area contributed by atoms with Crippen LogP contribution in [-0.2, 0) is 14.3 Å². The van der Waals surface area contributed by atoms with Crippen molar-refractivity contribution in [2.24, 2.45) is 11.8 Å². The van der Waals surface area contributed by atoms with Crippen molar-refractivity contribution in [3.8, 4) is 0 Å². The van der Waals surface area contributed by atoms with Gasteiger partial charge >= 0.3 is 5.97 Å². The second-order valence-corrected chi connectivity index (χ2v) is 4.91. The van der Waals surface area contributed by atoms with Crippen LogP contribution in [0, 0.1) is 11.8 Å². The summed E-state index contributed by atoms with van der Waals surface area (Å²) in [5.41, 5.74) is 0. The lowest BCUT2D eigenvalue weighted by Crippen LogP contribution is -2.61. The molecule has 1 saturated heterocycles. The normalized spacial score (nSPS) is 30.4. The zero-order valence-corrected chi connectivity index (χ0v) is 9.70. The minimum atomic E-state index is -0.406. The Morgan fingerprint density at radius 1 is 1.38 bits per heavy atom. The van der Waals surface area contributed by atoms with Crippen molar-refractivity contribution < 1.29 is 14.3 Å². The van der Waals surface area contributed by atoms with Crippen LogP contribution in [-0.4, -0.2) is 24.5 Å². The van der Waals surface area contributed by atoms with Gasteiger partial charge in [-0.05, 0) is 18.8 Å². The first kappa shape index (κ1) is 11.4. The number of ether oxygens (including phenoxy) is 1. The summed E-state index contributed by atoms with van der Waals surface area (Å²) in [5.74, 6) is -0.0140. The van der Waals surface area contributed by atoms with E-state index in [0.29, 0.717) is 12.5 Å². The average Bonchev–Trinajstić information content (AvgIpc) is 2.33. The lowest BCUT2D eigenvalue weighted by Gasteiger charge is -2.32. The lowest BCUT2D eigenvalue weighted by atomic mass is 9.90. The van der Waals surface area contributed by atoms with Crippen molar-refractivity contribution in [1.82, 2.24) is 5.32 Å². The van der Waals surface area contributed by atoms with Crippen LogP contribution in [0.4, 0.5) is 0 Å².